The number of piperidine rings is 1. The zero-order valence-corrected chi connectivity index (χ0v) is 13.7. The Bertz CT molecular complexity index is 705. The van der Waals surface area contributed by atoms with Gasteiger partial charge in [-0.1, -0.05) is 6.42 Å². The number of hydrogen-bond acceptors (Lipinski definition) is 4. The Labute approximate surface area is 144 Å². The maximum Gasteiger partial charge on any atom is 0.258 e. The van der Waals surface area contributed by atoms with Crippen molar-refractivity contribution in [3.05, 3.63) is 53.5 Å². The van der Waals surface area contributed by atoms with Crippen LogP contribution in [-0.2, 0) is 0 Å². The van der Waals surface area contributed by atoms with Crippen molar-refractivity contribution in [3.8, 4) is 5.75 Å². The molecule has 0 bridgehead atoms. The second-order valence-electron chi connectivity index (χ2n) is 6.12. The summed E-state index contributed by atoms with van der Waals surface area (Å²) in [6.45, 7) is 1.97. The molecule has 1 unspecified atom stereocenters. The van der Waals surface area contributed by atoms with Crippen molar-refractivity contribution < 1.29 is 23.1 Å². The summed E-state index contributed by atoms with van der Waals surface area (Å²) in [5.74, 6) is -2.83. The van der Waals surface area contributed by atoms with E-state index in [2.05, 4.69) is 10.2 Å². The summed E-state index contributed by atoms with van der Waals surface area (Å²) in [6, 6.07) is 4.72. The van der Waals surface area contributed by atoms with Crippen LogP contribution < -0.4 is 5.32 Å². The van der Waals surface area contributed by atoms with Gasteiger partial charge in [-0.15, -0.1) is 0 Å². The van der Waals surface area contributed by atoms with Crippen LogP contribution in [0.5, 0.6) is 5.75 Å². The molecule has 1 amide bonds. The fourth-order valence-corrected chi connectivity index (χ4v) is 3.18. The number of phenolic OH excluding ortho intramolecular Hbond substituents is 1. The number of likely N-dealkylation sites (tertiary alicyclic amines) is 1. The Hall–Kier alpha value is -2.41. The fourth-order valence-electron chi connectivity index (χ4n) is 3.18. The molecule has 5 nitrogen and oxygen atoms in total. The molecule has 3 rings (SSSR count). The first-order chi connectivity index (χ1) is 12.1. The van der Waals surface area contributed by atoms with Gasteiger partial charge in [0.15, 0.2) is 0 Å². The lowest BCUT2D eigenvalue weighted by atomic mass is 10.1. The molecule has 7 heteroatoms. The number of rotatable bonds is 5. The smallest absolute Gasteiger partial charge is 0.258 e. The van der Waals surface area contributed by atoms with Crippen molar-refractivity contribution in [1.82, 2.24) is 10.2 Å². The van der Waals surface area contributed by atoms with Gasteiger partial charge in [0.05, 0.1) is 12.3 Å². The Morgan fingerprint density at radius 2 is 2.04 bits per heavy atom. The van der Waals surface area contributed by atoms with Crippen LogP contribution in [0.1, 0.15) is 41.4 Å². The summed E-state index contributed by atoms with van der Waals surface area (Å²) < 4.78 is 32.4. The Balaban J connectivity index is 1.74. The fraction of sp³-hybridized carbons (Fsp3) is 0.389. The predicted molar refractivity (Wildman–Crippen MR) is 87.2 cm³/mol. The van der Waals surface area contributed by atoms with Gasteiger partial charge in [0.25, 0.3) is 5.91 Å². The van der Waals surface area contributed by atoms with Crippen LogP contribution in [0.4, 0.5) is 8.78 Å². The van der Waals surface area contributed by atoms with E-state index >= 15 is 0 Å². The van der Waals surface area contributed by atoms with Crippen LogP contribution >= 0.6 is 0 Å². The van der Waals surface area contributed by atoms with E-state index in [1.807, 2.05) is 6.07 Å². The minimum atomic E-state index is -1.09. The summed E-state index contributed by atoms with van der Waals surface area (Å²) in [5.41, 5.74) is -0.557. The molecule has 0 saturated carbocycles. The van der Waals surface area contributed by atoms with Gasteiger partial charge in [0.1, 0.15) is 28.7 Å². The lowest BCUT2D eigenvalue weighted by molar-refractivity contribution is 0.0907. The number of phenols is 1. The van der Waals surface area contributed by atoms with Crippen molar-refractivity contribution in [3.63, 3.8) is 0 Å². The van der Waals surface area contributed by atoms with Crippen molar-refractivity contribution in [2.45, 2.75) is 25.3 Å². The molecule has 2 N–H and O–H groups in total. The first kappa shape index (κ1) is 17.4. The lowest BCUT2D eigenvalue weighted by Crippen LogP contribution is -2.40. The SMILES string of the molecule is O=C(NCC(c1ccco1)N1CCCCC1)c1c(O)cc(F)cc1F. The zero-order valence-electron chi connectivity index (χ0n) is 13.7. The maximum atomic E-state index is 13.8. The van der Waals surface area contributed by atoms with Crippen LogP contribution in [-0.4, -0.2) is 35.5 Å². The standard InChI is InChI=1S/C18H20F2N2O3/c19-12-9-13(20)17(15(23)10-12)18(24)21-11-14(16-5-4-8-25-16)22-6-2-1-3-7-22/h4-5,8-10,14,23H,1-3,6-7,11H2,(H,21,24). The summed E-state index contributed by atoms with van der Waals surface area (Å²) in [6.07, 6.45) is 4.87. The highest BCUT2D eigenvalue weighted by Gasteiger charge is 2.26. The van der Waals surface area contributed by atoms with E-state index in [0.29, 0.717) is 17.9 Å². The number of aromatic hydroxyl groups is 1. The van der Waals surface area contributed by atoms with Crippen LogP contribution in [0.25, 0.3) is 0 Å². The number of benzene rings is 1. The summed E-state index contributed by atoms with van der Waals surface area (Å²) >= 11 is 0. The van der Waals surface area contributed by atoms with E-state index in [9.17, 15) is 18.7 Å². The molecule has 1 atom stereocenters. The Kier molecular flexibility index (Phi) is 5.33. The van der Waals surface area contributed by atoms with Gasteiger partial charge in [0.2, 0.25) is 0 Å². The summed E-state index contributed by atoms with van der Waals surface area (Å²) in [5, 5.41) is 12.3. The van der Waals surface area contributed by atoms with Gasteiger partial charge in [0, 0.05) is 18.7 Å². The Morgan fingerprint density at radius 1 is 1.28 bits per heavy atom. The molecule has 1 aromatic carbocycles. The molecule has 1 aromatic heterocycles. The van der Waals surface area contributed by atoms with Crippen molar-refractivity contribution in [1.29, 1.82) is 0 Å². The molecule has 1 fully saturated rings. The zero-order chi connectivity index (χ0) is 17.8. The van der Waals surface area contributed by atoms with Crippen LogP contribution in [0.15, 0.2) is 34.9 Å². The average molecular weight is 350 g/mol. The van der Waals surface area contributed by atoms with Gasteiger partial charge >= 0.3 is 0 Å². The highest BCUT2D eigenvalue weighted by Crippen LogP contribution is 2.26. The molecule has 0 aliphatic carbocycles. The topological polar surface area (TPSA) is 65.7 Å². The minimum absolute atomic E-state index is 0.176. The molecule has 2 aromatic rings. The van der Waals surface area contributed by atoms with Gasteiger partial charge in [-0.05, 0) is 38.1 Å². The largest absolute Gasteiger partial charge is 0.507 e. The highest BCUT2D eigenvalue weighted by molar-refractivity contribution is 5.97. The first-order valence-corrected chi connectivity index (χ1v) is 8.30. The third-order valence-corrected chi connectivity index (χ3v) is 4.42. The molecule has 1 aliphatic heterocycles. The number of nitrogens with one attached hydrogen (secondary N) is 1. The second-order valence-corrected chi connectivity index (χ2v) is 6.12. The van der Waals surface area contributed by atoms with E-state index in [1.54, 1.807) is 12.3 Å². The summed E-state index contributed by atoms with van der Waals surface area (Å²) in [4.78, 5) is 14.5. The van der Waals surface area contributed by atoms with Crippen LogP contribution in [0.2, 0.25) is 0 Å². The van der Waals surface area contributed by atoms with Gasteiger partial charge in [-0.3, -0.25) is 9.69 Å². The highest BCUT2D eigenvalue weighted by atomic mass is 19.1. The number of carbonyl (C=O) groups is 1. The molecule has 0 spiro atoms. The molecule has 2 heterocycles. The monoisotopic (exact) mass is 350 g/mol. The van der Waals surface area contributed by atoms with Crippen LogP contribution in [0, 0.1) is 11.6 Å². The van der Waals surface area contributed by atoms with Gasteiger partial charge < -0.3 is 14.8 Å². The second kappa shape index (κ2) is 7.65. The molecule has 1 aliphatic rings. The predicted octanol–water partition coefficient (Wildman–Crippen LogP) is 3.22. The normalized spacial score (nSPS) is 16.6. The number of amides is 1. The van der Waals surface area contributed by atoms with Crippen molar-refractivity contribution >= 4 is 5.91 Å². The number of carbonyl (C=O) groups excluding carboxylic acids is 1. The van der Waals surface area contributed by atoms with Crippen molar-refractivity contribution in [2.24, 2.45) is 0 Å². The lowest BCUT2D eigenvalue weighted by Gasteiger charge is -2.33. The van der Waals surface area contributed by atoms with E-state index < -0.39 is 28.9 Å². The molecule has 25 heavy (non-hydrogen) atoms. The van der Waals surface area contributed by atoms with E-state index in [4.69, 9.17) is 4.42 Å². The summed E-state index contributed by atoms with van der Waals surface area (Å²) in [7, 11) is 0. The average Bonchev–Trinajstić information content (AvgIpc) is 3.09. The number of furan rings is 1. The molecule has 134 valence electrons. The third-order valence-electron chi connectivity index (χ3n) is 4.42. The van der Waals surface area contributed by atoms with Crippen LogP contribution in [0.3, 0.4) is 0 Å². The van der Waals surface area contributed by atoms with Gasteiger partial charge in [-0.25, -0.2) is 8.78 Å². The van der Waals surface area contributed by atoms with E-state index in [1.165, 1.54) is 6.42 Å². The van der Waals surface area contributed by atoms with E-state index in [0.717, 1.165) is 25.9 Å². The maximum absolute atomic E-state index is 13.8. The molecular formula is C18H20F2N2O3. The molecular weight excluding hydrogens is 330 g/mol. The van der Waals surface area contributed by atoms with Gasteiger partial charge in [-0.2, -0.15) is 0 Å². The van der Waals surface area contributed by atoms with E-state index in [-0.39, 0.29) is 12.6 Å². The molecule has 0 radical (unpaired) electrons. The number of hydrogen-bond donors (Lipinski definition) is 2. The number of nitrogens with zero attached hydrogens (tertiary/aromatic N) is 1. The first-order valence-electron chi connectivity index (χ1n) is 8.30. The Morgan fingerprint density at radius 3 is 2.68 bits per heavy atom. The third kappa shape index (κ3) is 3.99. The number of halogens is 2. The van der Waals surface area contributed by atoms with Crippen molar-refractivity contribution in [2.75, 3.05) is 19.6 Å². The minimum Gasteiger partial charge on any atom is -0.507 e. The molecule has 1 saturated heterocycles. The quantitative estimate of drug-likeness (QED) is 0.869.